The molecule has 0 heterocycles. The van der Waals surface area contributed by atoms with E-state index in [0.717, 1.165) is 25.8 Å². The third-order valence-electron chi connectivity index (χ3n) is 2.94. The van der Waals surface area contributed by atoms with Crippen LogP contribution in [0.15, 0.2) is 39.3 Å². The van der Waals surface area contributed by atoms with E-state index in [4.69, 9.17) is 0 Å². The third kappa shape index (κ3) is 3.22. The molecule has 20 heavy (non-hydrogen) atoms. The van der Waals surface area contributed by atoms with Crippen molar-refractivity contribution < 1.29 is 9.90 Å². The number of anilines is 1. The summed E-state index contributed by atoms with van der Waals surface area (Å²) in [6.45, 7) is 3.85. The first-order chi connectivity index (χ1) is 9.38. The van der Waals surface area contributed by atoms with E-state index in [1.165, 1.54) is 6.07 Å². The van der Waals surface area contributed by atoms with E-state index in [-0.39, 0.29) is 17.2 Å². The molecule has 0 atom stereocenters. The second-order valence-corrected chi connectivity index (χ2v) is 6.36. The molecule has 0 fully saturated rings. The largest absolute Gasteiger partial charge is 0.507 e. The Kier molecular flexibility index (Phi) is 4.50. The fraction of sp³-hybridized carbons (Fsp3) is 0.133. The molecule has 3 nitrogen and oxygen atoms in total. The van der Waals surface area contributed by atoms with Crippen molar-refractivity contribution in [3.05, 3.63) is 56.0 Å². The molecule has 2 N–H and O–H groups in total. The molecule has 0 aliphatic carbocycles. The molecule has 0 aromatic heterocycles. The van der Waals surface area contributed by atoms with E-state index in [9.17, 15) is 9.90 Å². The first kappa shape index (κ1) is 15.1. The van der Waals surface area contributed by atoms with Gasteiger partial charge in [0.1, 0.15) is 5.75 Å². The monoisotopic (exact) mass is 397 g/mol. The van der Waals surface area contributed by atoms with Crippen molar-refractivity contribution in [2.24, 2.45) is 0 Å². The van der Waals surface area contributed by atoms with E-state index in [1.807, 2.05) is 26.0 Å². The van der Waals surface area contributed by atoms with Crippen molar-refractivity contribution in [3.63, 3.8) is 0 Å². The second-order valence-electron chi connectivity index (χ2n) is 4.53. The summed E-state index contributed by atoms with van der Waals surface area (Å²) >= 11 is 6.67. The molecule has 2 rings (SSSR count). The van der Waals surface area contributed by atoms with Crippen molar-refractivity contribution >= 4 is 43.5 Å². The average molecular weight is 399 g/mol. The lowest BCUT2D eigenvalue weighted by molar-refractivity contribution is 0.102. The van der Waals surface area contributed by atoms with Crippen molar-refractivity contribution in [2.45, 2.75) is 13.8 Å². The molecule has 0 aliphatic rings. The van der Waals surface area contributed by atoms with Crippen LogP contribution in [0.1, 0.15) is 21.5 Å². The number of aromatic hydroxyl groups is 1. The van der Waals surface area contributed by atoms with Crippen LogP contribution < -0.4 is 5.32 Å². The van der Waals surface area contributed by atoms with Crippen LogP contribution in [0, 0.1) is 13.8 Å². The van der Waals surface area contributed by atoms with E-state index in [2.05, 4.69) is 37.2 Å². The molecule has 5 heteroatoms. The van der Waals surface area contributed by atoms with Crippen LogP contribution >= 0.6 is 31.9 Å². The number of rotatable bonds is 2. The van der Waals surface area contributed by atoms with Crippen molar-refractivity contribution in [3.8, 4) is 5.75 Å². The van der Waals surface area contributed by atoms with Crippen LogP contribution in [-0.4, -0.2) is 11.0 Å². The molecule has 0 saturated carbocycles. The number of hydrogen-bond donors (Lipinski definition) is 2. The molecule has 0 bridgehead atoms. The number of hydrogen-bond acceptors (Lipinski definition) is 2. The number of carbonyl (C=O) groups is 1. The molecular weight excluding hydrogens is 386 g/mol. The summed E-state index contributed by atoms with van der Waals surface area (Å²) in [6.07, 6.45) is 0. The summed E-state index contributed by atoms with van der Waals surface area (Å²) < 4.78 is 1.69. The minimum atomic E-state index is -0.330. The molecular formula is C15H13Br2NO2. The quantitative estimate of drug-likeness (QED) is 0.764. The van der Waals surface area contributed by atoms with E-state index in [1.54, 1.807) is 12.1 Å². The summed E-state index contributed by atoms with van der Waals surface area (Å²) in [5.41, 5.74) is 2.93. The Morgan fingerprint density at radius 1 is 1.05 bits per heavy atom. The van der Waals surface area contributed by atoms with Gasteiger partial charge in [0, 0.05) is 14.6 Å². The minimum Gasteiger partial charge on any atom is -0.507 e. The Morgan fingerprint density at radius 3 is 2.20 bits per heavy atom. The lowest BCUT2D eigenvalue weighted by Gasteiger charge is -2.13. The Labute approximate surface area is 134 Å². The molecule has 0 unspecified atom stereocenters. The zero-order chi connectivity index (χ0) is 14.9. The molecule has 2 aromatic carbocycles. The maximum Gasteiger partial charge on any atom is 0.259 e. The van der Waals surface area contributed by atoms with Gasteiger partial charge in [-0.05, 0) is 55.3 Å². The van der Waals surface area contributed by atoms with Gasteiger partial charge in [-0.25, -0.2) is 0 Å². The topological polar surface area (TPSA) is 49.3 Å². The van der Waals surface area contributed by atoms with Crippen molar-refractivity contribution in [1.82, 2.24) is 0 Å². The van der Waals surface area contributed by atoms with Gasteiger partial charge in [0.25, 0.3) is 5.91 Å². The maximum absolute atomic E-state index is 12.2. The highest BCUT2D eigenvalue weighted by Gasteiger charge is 2.14. The molecule has 0 aliphatic heterocycles. The van der Waals surface area contributed by atoms with Gasteiger partial charge in [-0.15, -0.1) is 0 Å². The maximum atomic E-state index is 12.2. The number of benzene rings is 2. The summed E-state index contributed by atoms with van der Waals surface area (Å²) in [5, 5.41) is 12.7. The van der Waals surface area contributed by atoms with Crippen LogP contribution in [0.5, 0.6) is 5.75 Å². The third-order valence-corrected chi connectivity index (χ3v) is 3.89. The molecule has 0 radical (unpaired) electrons. The van der Waals surface area contributed by atoms with Gasteiger partial charge in [0.05, 0.1) is 5.56 Å². The van der Waals surface area contributed by atoms with Crippen molar-refractivity contribution in [2.75, 3.05) is 5.32 Å². The zero-order valence-corrected chi connectivity index (χ0v) is 14.2. The lowest BCUT2D eigenvalue weighted by Crippen LogP contribution is -2.14. The van der Waals surface area contributed by atoms with Crippen LogP contribution in [0.25, 0.3) is 0 Å². The van der Waals surface area contributed by atoms with Gasteiger partial charge in [0.2, 0.25) is 0 Å². The summed E-state index contributed by atoms with van der Waals surface area (Å²) in [7, 11) is 0. The van der Waals surface area contributed by atoms with Crippen LogP contribution in [-0.2, 0) is 0 Å². The van der Waals surface area contributed by atoms with Gasteiger partial charge in [0.15, 0.2) is 0 Å². The Balaban J connectivity index is 2.33. The number of nitrogens with one attached hydrogen (secondary N) is 1. The van der Waals surface area contributed by atoms with Gasteiger partial charge >= 0.3 is 0 Å². The smallest absolute Gasteiger partial charge is 0.259 e. The first-order valence-corrected chi connectivity index (χ1v) is 7.53. The number of carbonyl (C=O) groups excluding carboxylic acids is 1. The van der Waals surface area contributed by atoms with E-state index in [0.29, 0.717) is 0 Å². The SMILES string of the molecule is Cc1cc(Br)cc(C)c1NC(=O)c1ccc(Br)cc1O. The molecule has 2 aromatic rings. The Bertz CT molecular complexity index is 661. The fourth-order valence-electron chi connectivity index (χ4n) is 1.99. The fourth-order valence-corrected chi connectivity index (χ4v) is 3.02. The number of amides is 1. The number of phenolic OH excluding ortho intramolecular Hbond substituents is 1. The number of phenols is 1. The van der Waals surface area contributed by atoms with E-state index < -0.39 is 0 Å². The first-order valence-electron chi connectivity index (χ1n) is 5.95. The van der Waals surface area contributed by atoms with Crippen LogP contribution in [0.2, 0.25) is 0 Å². The molecule has 104 valence electrons. The highest BCUT2D eigenvalue weighted by Crippen LogP contribution is 2.27. The summed E-state index contributed by atoms with van der Waals surface area (Å²) in [4.78, 5) is 12.2. The van der Waals surface area contributed by atoms with Gasteiger partial charge < -0.3 is 10.4 Å². The summed E-state index contributed by atoms with van der Waals surface area (Å²) in [6, 6.07) is 8.67. The van der Waals surface area contributed by atoms with Crippen LogP contribution in [0.4, 0.5) is 5.69 Å². The predicted octanol–water partition coefficient (Wildman–Crippen LogP) is 4.79. The van der Waals surface area contributed by atoms with Crippen molar-refractivity contribution in [1.29, 1.82) is 0 Å². The molecule has 1 amide bonds. The average Bonchev–Trinajstić information content (AvgIpc) is 2.33. The van der Waals surface area contributed by atoms with Crippen LogP contribution in [0.3, 0.4) is 0 Å². The standard InChI is InChI=1S/C15H13Br2NO2/c1-8-5-11(17)6-9(2)14(8)18-15(20)12-4-3-10(16)7-13(12)19/h3-7,19H,1-2H3,(H,18,20). The predicted molar refractivity (Wildman–Crippen MR) is 87.4 cm³/mol. The molecule has 0 spiro atoms. The Morgan fingerprint density at radius 2 is 1.65 bits per heavy atom. The number of aryl methyl sites for hydroxylation is 2. The highest BCUT2D eigenvalue weighted by molar-refractivity contribution is 9.10. The Hall–Kier alpha value is -1.33. The second kappa shape index (κ2) is 5.97. The minimum absolute atomic E-state index is 0.0516. The van der Waals surface area contributed by atoms with Gasteiger partial charge in [-0.2, -0.15) is 0 Å². The van der Waals surface area contributed by atoms with Gasteiger partial charge in [-0.3, -0.25) is 4.79 Å². The lowest BCUT2D eigenvalue weighted by atomic mass is 10.1. The zero-order valence-electron chi connectivity index (χ0n) is 11.0. The normalized spacial score (nSPS) is 10.4. The highest BCUT2D eigenvalue weighted by atomic mass is 79.9. The summed E-state index contributed by atoms with van der Waals surface area (Å²) in [5.74, 6) is -0.382. The van der Waals surface area contributed by atoms with E-state index >= 15 is 0 Å². The molecule has 0 saturated heterocycles. The van der Waals surface area contributed by atoms with Gasteiger partial charge in [-0.1, -0.05) is 31.9 Å². The number of halogens is 2.